The van der Waals surface area contributed by atoms with Crippen molar-refractivity contribution >= 4 is 22.5 Å². The average Bonchev–Trinajstić information content (AvgIpc) is 1.55. The predicted octanol–water partition coefficient (Wildman–Crippen LogP) is 0.648. The van der Waals surface area contributed by atoms with E-state index >= 15 is 0 Å². The molecule has 1 aliphatic carbocycles. The SMILES string of the molecule is [SnH][C]#CC1CCC1. The molecule has 0 heterocycles. The summed E-state index contributed by atoms with van der Waals surface area (Å²) in [5.41, 5.74) is 0. The zero-order valence-corrected chi connectivity index (χ0v) is 7.57. The molecule has 0 aliphatic heterocycles. The summed E-state index contributed by atoms with van der Waals surface area (Å²) in [6, 6.07) is 0. The maximum atomic E-state index is 3.19. The fourth-order valence-electron chi connectivity index (χ4n) is 0.670. The van der Waals surface area contributed by atoms with Crippen molar-refractivity contribution in [3.05, 3.63) is 0 Å². The molecule has 1 heteroatoms. The van der Waals surface area contributed by atoms with E-state index in [1.807, 2.05) is 0 Å². The Kier molecular flexibility index (Phi) is 2.05. The van der Waals surface area contributed by atoms with E-state index in [1.165, 1.54) is 19.3 Å². The zero-order chi connectivity index (χ0) is 5.11. The van der Waals surface area contributed by atoms with Crippen LogP contribution in [0.2, 0.25) is 0 Å². The van der Waals surface area contributed by atoms with Crippen molar-refractivity contribution in [1.82, 2.24) is 0 Å². The minimum absolute atomic E-state index is 0.801. The third-order valence-corrected chi connectivity index (χ3v) is 1.87. The molecule has 0 nitrogen and oxygen atoms in total. The summed E-state index contributed by atoms with van der Waals surface area (Å²) in [6.45, 7) is 0. The number of hydrogen-bond donors (Lipinski definition) is 0. The first kappa shape index (κ1) is 5.49. The van der Waals surface area contributed by atoms with E-state index < -0.39 is 0 Å². The van der Waals surface area contributed by atoms with Crippen LogP contribution in [-0.4, -0.2) is 22.5 Å². The Morgan fingerprint density at radius 2 is 2.14 bits per heavy atom. The zero-order valence-electron chi connectivity index (χ0n) is 4.28. The van der Waals surface area contributed by atoms with Gasteiger partial charge in [-0.3, -0.25) is 0 Å². The van der Waals surface area contributed by atoms with Crippen LogP contribution in [-0.2, 0) is 0 Å². The van der Waals surface area contributed by atoms with Gasteiger partial charge in [-0.2, -0.15) is 0 Å². The molecular weight excluding hydrogens is 191 g/mol. The number of rotatable bonds is 0. The van der Waals surface area contributed by atoms with Crippen molar-refractivity contribution < 1.29 is 0 Å². The first-order valence-corrected chi connectivity index (χ1v) is 4.29. The topological polar surface area (TPSA) is 0 Å². The van der Waals surface area contributed by atoms with Crippen molar-refractivity contribution in [2.45, 2.75) is 19.3 Å². The molecule has 0 aromatic heterocycles. The normalized spacial score (nSPS) is 19.6. The molecule has 0 saturated heterocycles. The molecule has 0 N–H and O–H groups in total. The van der Waals surface area contributed by atoms with Crippen LogP contribution in [0.4, 0.5) is 0 Å². The van der Waals surface area contributed by atoms with Crippen LogP contribution in [0.5, 0.6) is 0 Å². The molecule has 1 saturated carbocycles. The van der Waals surface area contributed by atoms with E-state index in [2.05, 4.69) is 9.86 Å². The van der Waals surface area contributed by atoms with Gasteiger partial charge >= 0.3 is 57.6 Å². The van der Waals surface area contributed by atoms with E-state index in [-0.39, 0.29) is 0 Å². The summed E-state index contributed by atoms with van der Waals surface area (Å²) in [6.07, 6.45) is 4.15. The second-order valence-electron chi connectivity index (χ2n) is 1.92. The van der Waals surface area contributed by atoms with E-state index in [9.17, 15) is 0 Å². The van der Waals surface area contributed by atoms with Crippen LogP contribution in [0.25, 0.3) is 0 Å². The standard InChI is InChI=1S/C6H7.Sn.H/c1-2-6-4-3-5-6;;/h6H,3-5H2;;. The van der Waals surface area contributed by atoms with Crippen molar-refractivity contribution in [1.29, 1.82) is 0 Å². The molecule has 0 unspecified atom stereocenters. The fraction of sp³-hybridized carbons (Fsp3) is 0.667. The molecule has 36 valence electrons. The van der Waals surface area contributed by atoms with Gasteiger partial charge in [0.25, 0.3) is 0 Å². The Hall–Kier alpha value is 0.359. The molecule has 1 aliphatic rings. The molecule has 0 spiro atoms. The van der Waals surface area contributed by atoms with E-state index in [0.29, 0.717) is 0 Å². The average molecular weight is 199 g/mol. The number of hydrogen-bond acceptors (Lipinski definition) is 0. The summed E-state index contributed by atoms with van der Waals surface area (Å²) in [7, 11) is 0. The molecule has 1 fully saturated rings. The van der Waals surface area contributed by atoms with E-state index in [4.69, 9.17) is 0 Å². The van der Waals surface area contributed by atoms with Crippen molar-refractivity contribution in [3.8, 4) is 9.86 Å². The Bertz CT molecular complexity index is 103. The Morgan fingerprint density at radius 3 is 2.29 bits per heavy atom. The minimum atomic E-state index is 0.801. The van der Waals surface area contributed by atoms with Gasteiger partial charge in [0.2, 0.25) is 0 Å². The summed E-state index contributed by atoms with van der Waals surface area (Å²) < 4.78 is 3.05. The monoisotopic (exact) mass is 200 g/mol. The second kappa shape index (κ2) is 2.61. The Morgan fingerprint density at radius 1 is 1.43 bits per heavy atom. The predicted molar refractivity (Wildman–Crippen MR) is 32.3 cm³/mol. The summed E-state index contributed by atoms with van der Waals surface area (Å²) in [5.74, 6) is 3.99. The van der Waals surface area contributed by atoms with Crippen LogP contribution in [0.15, 0.2) is 0 Å². The van der Waals surface area contributed by atoms with Crippen molar-refractivity contribution in [3.63, 3.8) is 0 Å². The van der Waals surface area contributed by atoms with Gasteiger partial charge in [0.05, 0.1) is 0 Å². The fourth-order valence-corrected chi connectivity index (χ4v) is 1.34. The summed E-state index contributed by atoms with van der Waals surface area (Å²) >= 11 is 1.12. The van der Waals surface area contributed by atoms with Gasteiger partial charge in [0, 0.05) is 0 Å². The molecule has 0 aromatic carbocycles. The van der Waals surface area contributed by atoms with Crippen molar-refractivity contribution in [2.75, 3.05) is 0 Å². The van der Waals surface area contributed by atoms with Crippen LogP contribution in [0.1, 0.15) is 19.3 Å². The third kappa shape index (κ3) is 1.38. The summed E-state index contributed by atoms with van der Waals surface area (Å²) in [5, 5.41) is 0. The Balaban J connectivity index is 2.23. The van der Waals surface area contributed by atoms with Crippen LogP contribution in [0, 0.1) is 15.8 Å². The first-order chi connectivity index (χ1) is 3.43. The molecule has 0 atom stereocenters. The van der Waals surface area contributed by atoms with Gasteiger partial charge in [-0.05, 0) is 0 Å². The van der Waals surface area contributed by atoms with Crippen LogP contribution >= 0.6 is 0 Å². The van der Waals surface area contributed by atoms with E-state index in [1.54, 1.807) is 0 Å². The van der Waals surface area contributed by atoms with Crippen LogP contribution < -0.4 is 0 Å². The van der Waals surface area contributed by atoms with Gasteiger partial charge in [-0.15, -0.1) is 0 Å². The molecule has 1 rings (SSSR count). The molecule has 7 heavy (non-hydrogen) atoms. The summed E-state index contributed by atoms with van der Waals surface area (Å²) in [4.78, 5) is 0. The van der Waals surface area contributed by atoms with Gasteiger partial charge in [0.15, 0.2) is 0 Å². The quantitative estimate of drug-likeness (QED) is 0.396. The molecule has 0 bridgehead atoms. The van der Waals surface area contributed by atoms with E-state index in [0.717, 1.165) is 28.4 Å². The molecule has 0 aromatic rings. The Labute approximate surface area is 57.8 Å². The molecular formula is C6H8Sn. The van der Waals surface area contributed by atoms with Crippen molar-refractivity contribution in [2.24, 2.45) is 5.92 Å². The van der Waals surface area contributed by atoms with Crippen LogP contribution in [0.3, 0.4) is 0 Å². The molecule has 0 amide bonds. The molecule has 2 radical (unpaired) electrons. The van der Waals surface area contributed by atoms with Gasteiger partial charge in [0.1, 0.15) is 0 Å². The van der Waals surface area contributed by atoms with Gasteiger partial charge in [-0.1, -0.05) is 0 Å². The second-order valence-corrected chi connectivity index (χ2v) is 2.74. The maximum absolute atomic E-state index is 3.19. The van der Waals surface area contributed by atoms with Gasteiger partial charge < -0.3 is 0 Å². The third-order valence-electron chi connectivity index (χ3n) is 1.39. The first-order valence-electron chi connectivity index (χ1n) is 2.64. The van der Waals surface area contributed by atoms with Gasteiger partial charge in [-0.25, -0.2) is 0 Å².